The fourth-order valence-corrected chi connectivity index (χ4v) is 0.997. The highest BCUT2D eigenvalue weighted by atomic mass is 16.5. The van der Waals surface area contributed by atoms with Gasteiger partial charge in [0.25, 0.3) is 0 Å². The van der Waals surface area contributed by atoms with E-state index in [0.29, 0.717) is 19.1 Å². The van der Waals surface area contributed by atoms with Crippen LogP contribution >= 0.6 is 0 Å². The lowest BCUT2D eigenvalue weighted by Crippen LogP contribution is -2.37. The zero-order chi connectivity index (χ0) is 11.5. The lowest BCUT2D eigenvalue weighted by Gasteiger charge is -2.08. The van der Waals surface area contributed by atoms with Crippen LogP contribution in [0.4, 0.5) is 4.79 Å². The maximum Gasteiger partial charge on any atom is 0.314 e. The molecule has 0 saturated heterocycles. The molecule has 0 aromatic rings. The van der Waals surface area contributed by atoms with Crippen LogP contribution in [0.15, 0.2) is 0 Å². The van der Waals surface area contributed by atoms with Crippen molar-refractivity contribution in [3.05, 3.63) is 0 Å². The molecular formula is C11H24N2O2. The summed E-state index contributed by atoms with van der Waals surface area (Å²) in [7, 11) is 0. The standard InChI is InChI=1S/C11H24N2O2/c1-4-5-6-12-11(14)13-7-8-15-9-10(2)3/h10H,4-9H2,1-3H3,(H2,12,13,14). The number of hydrogen-bond donors (Lipinski definition) is 2. The van der Waals surface area contributed by atoms with Gasteiger partial charge in [-0.05, 0) is 12.3 Å². The molecular weight excluding hydrogens is 192 g/mol. The van der Waals surface area contributed by atoms with Crippen LogP contribution in [0, 0.1) is 5.92 Å². The Hall–Kier alpha value is -0.770. The molecule has 0 spiro atoms. The molecule has 0 aliphatic rings. The van der Waals surface area contributed by atoms with Crippen molar-refractivity contribution in [3.63, 3.8) is 0 Å². The molecule has 15 heavy (non-hydrogen) atoms. The van der Waals surface area contributed by atoms with Gasteiger partial charge in [-0.1, -0.05) is 27.2 Å². The summed E-state index contributed by atoms with van der Waals surface area (Å²) in [6.07, 6.45) is 2.12. The van der Waals surface area contributed by atoms with Crippen LogP contribution in [0.25, 0.3) is 0 Å². The number of hydrogen-bond acceptors (Lipinski definition) is 2. The second-order valence-corrected chi connectivity index (χ2v) is 4.00. The fourth-order valence-electron chi connectivity index (χ4n) is 0.997. The lowest BCUT2D eigenvalue weighted by molar-refractivity contribution is 0.112. The van der Waals surface area contributed by atoms with Gasteiger partial charge < -0.3 is 15.4 Å². The quantitative estimate of drug-likeness (QED) is 0.607. The maximum absolute atomic E-state index is 11.1. The number of carbonyl (C=O) groups is 1. The predicted octanol–water partition coefficient (Wildman–Crippen LogP) is 1.76. The van der Waals surface area contributed by atoms with Crippen molar-refractivity contribution >= 4 is 6.03 Å². The summed E-state index contributed by atoms with van der Waals surface area (Å²) < 4.78 is 5.33. The Bertz CT molecular complexity index is 161. The number of nitrogens with one attached hydrogen (secondary N) is 2. The highest BCUT2D eigenvalue weighted by molar-refractivity contribution is 5.73. The number of amides is 2. The van der Waals surface area contributed by atoms with E-state index in [1.807, 2.05) is 0 Å². The molecule has 0 fully saturated rings. The van der Waals surface area contributed by atoms with Gasteiger partial charge in [-0.25, -0.2) is 4.79 Å². The molecule has 0 heterocycles. The number of carbonyl (C=O) groups excluding carboxylic acids is 1. The highest BCUT2D eigenvalue weighted by Gasteiger charge is 1.98. The van der Waals surface area contributed by atoms with Crippen LogP contribution in [-0.4, -0.2) is 32.3 Å². The van der Waals surface area contributed by atoms with Gasteiger partial charge in [0.2, 0.25) is 0 Å². The molecule has 2 N–H and O–H groups in total. The summed E-state index contributed by atoms with van der Waals surface area (Å²) in [5.41, 5.74) is 0. The minimum absolute atomic E-state index is 0.100. The predicted molar refractivity (Wildman–Crippen MR) is 62.0 cm³/mol. The number of urea groups is 1. The largest absolute Gasteiger partial charge is 0.379 e. The van der Waals surface area contributed by atoms with Gasteiger partial charge in [-0.3, -0.25) is 0 Å². The first-order valence-corrected chi connectivity index (χ1v) is 5.76. The summed E-state index contributed by atoms with van der Waals surface area (Å²) >= 11 is 0. The summed E-state index contributed by atoms with van der Waals surface area (Å²) in [5, 5.41) is 5.52. The van der Waals surface area contributed by atoms with Crippen molar-refractivity contribution in [3.8, 4) is 0 Å². The Morgan fingerprint density at radius 1 is 1.27 bits per heavy atom. The molecule has 90 valence electrons. The van der Waals surface area contributed by atoms with Crippen LogP contribution in [0.2, 0.25) is 0 Å². The molecule has 0 aromatic carbocycles. The smallest absolute Gasteiger partial charge is 0.314 e. The van der Waals surface area contributed by atoms with Crippen molar-refractivity contribution in [2.24, 2.45) is 5.92 Å². The average molecular weight is 216 g/mol. The van der Waals surface area contributed by atoms with Crippen LogP contribution < -0.4 is 10.6 Å². The van der Waals surface area contributed by atoms with E-state index in [4.69, 9.17) is 4.74 Å². The normalized spacial score (nSPS) is 10.4. The zero-order valence-corrected chi connectivity index (χ0v) is 10.1. The number of ether oxygens (including phenoxy) is 1. The van der Waals surface area contributed by atoms with E-state index in [-0.39, 0.29) is 6.03 Å². The number of unbranched alkanes of at least 4 members (excludes halogenated alkanes) is 1. The molecule has 0 aliphatic heterocycles. The minimum atomic E-state index is -0.100. The summed E-state index contributed by atoms with van der Waals surface area (Å²) in [6, 6.07) is -0.100. The first kappa shape index (κ1) is 14.2. The molecule has 0 aliphatic carbocycles. The molecule has 2 amide bonds. The highest BCUT2D eigenvalue weighted by Crippen LogP contribution is 1.90. The van der Waals surface area contributed by atoms with Crippen LogP contribution in [0.5, 0.6) is 0 Å². The second kappa shape index (κ2) is 9.77. The Kier molecular flexibility index (Phi) is 9.27. The van der Waals surface area contributed by atoms with Crippen molar-refractivity contribution in [2.75, 3.05) is 26.3 Å². The molecule has 0 radical (unpaired) electrons. The van der Waals surface area contributed by atoms with Crippen molar-refractivity contribution < 1.29 is 9.53 Å². The summed E-state index contributed by atoms with van der Waals surface area (Å²) in [6.45, 7) is 8.95. The van der Waals surface area contributed by atoms with Gasteiger partial charge in [0.1, 0.15) is 0 Å². The van der Waals surface area contributed by atoms with Gasteiger partial charge in [0, 0.05) is 19.7 Å². The first-order valence-electron chi connectivity index (χ1n) is 5.76. The van der Waals surface area contributed by atoms with Crippen molar-refractivity contribution in [2.45, 2.75) is 33.6 Å². The molecule has 0 aromatic heterocycles. The Labute approximate surface area is 92.8 Å². The Morgan fingerprint density at radius 3 is 2.53 bits per heavy atom. The van der Waals surface area contributed by atoms with Gasteiger partial charge in [-0.15, -0.1) is 0 Å². The zero-order valence-electron chi connectivity index (χ0n) is 10.1. The molecule has 0 unspecified atom stereocenters. The van der Waals surface area contributed by atoms with E-state index in [2.05, 4.69) is 31.4 Å². The Balaban J connectivity index is 3.17. The van der Waals surface area contributed by atoms with Crippen molar-refractivity contribution in [1.29, 1.82) is 0 Å². The summed E-state index contributed by atoms with van der Waals surface area (Å²) in [5.74, 6) is 0.545. The van der Waals surface area contributed by atoms with E-state index in [0.717, 1.165) is 26.0 Å². The second-order valence-electron chi connectivity index (χ2n) is 4.00. The topological polar surface area (TPSA) is 50.4 Å². The van der Waals surface area contributed by atoms with E-state index in [1.54, 1.807) is 0 Å². The van der Waals surface area contributed by atoms with Gasteiger partial charge in [0.05, 0.1) is 6.61 Å². The molecule has 0 atom stereocenters. The minimum Gasteiger partial charge on any atom is -0.379 e. The van der Waals surface area contributed by atoms with E-state index < -0.39 is 0 Å². The first-order chi connectivity index (χ1) is 7.16. The Morgan fingerprint density at radius 2 is 1.93 bits per heavy atom. The molecule has 0 bridgehead atoms. The van der Waals surface area contributed by atoms with Crippen LogP contribution in [0.3, 0.4) is 0 Å². The third-order valence-electron chi connectivity index (χ3n) is 1.80. The SMILES string of the molecule is CCCCNC(=O)NCCOCC(C)C. The molecule has 0 rings (SSSR count). The monoisotopic (exact) mass is 216 g/mol. The summed E-state index contributed by atoms with van der Waals surface area (Å²) in [4.78, 5) is 11.1. The van der Waals surface area contributed by atoms with E-state index in [9.17, 15) is 4.79 Å². The lowest BCUT2D eigenvalue weighted by atomic mass is 10.2. The number of rotatable bonds is 8. The third-order valence-corrected chi connectivity index (χ3v) is 1.80. The van der Waals surface area contributed by atoms with E-state index in [1.165, 1.54) is 0 Å². The maximum atomic E-state index is 11.1. The van der Waals surface area contributed by atoms with Crippen LogP contribution in [-0.2, 0) is 4.74 Å². The van der Waals surface area contributed by atoms with Crippen molar-refractivity contribution in [1.82, 2.24) is 10.6 Å². The third kappa shape index (κ3) is 11.2. The fraction of sp³-hybridized carbons (Fsp3) is 0.909. The van der Waals surface area contributed by atoms with Gasteiger partial charge in [-0.2, -0.15) is 0 Å². The van der Waals surface area contributed by atoms with Gasteiger partial charge in [0.15, 0.2) is 0 Å². The molecule has 0 saturated carbocycles. The molecule has 4 nitrogen and oxygen atoms in total. The van der Waals surface area contributed by atoms with E-state index >= 15 is 0 Å². The molecule has 4 heteroatoms. The average Bonchev–Trinajstić information content (AvgIpc) is 2.17. The van der Waals surface area contributed by atoms with Crippen LogP contribution in [0.1, 0.15) is 33.6 Å². The van der Waals surface area contributed by atoms with Gasteiger partial charge >= 0.3 is 6.03 Å².